The monoisotopic (exact) mass is 395 g/mol. The van der Waals surface area contributed by atoms with Gasteiger partial charge in [-0.3, -0.25) is 10.1 Å². The normalized spacial score (nSPS) is 11.7. The zero-order valence-electron chi connectivity index (χ0n) is 17.8. The topological polar surface area (TPSA) is 55.8 Å². The molecule has 0 aliphatic carbocycles. The van der Waals surface area contributed by atoms with Gasteiger partial charge in [-0.05, 0) is 63.1 Å². The Hall–Kier alpha value is -2.79. The van der Waals surface area contributed by atoms with E-state index in [1.54, 1.807) is 12.1 Å². The Balaban J connectivity index is 2.37. The minimum absolute atomic E-state index is 0.0427. The number of hydrogen-bond acceptors (Lipinski definition) is 4. The van der Waals surface area contributed by atoms with Crippen LogP contribution in [0.15, 0.2) is 61.2 Å². The van der Waals surface area contributed by atoms with Gasteiger partial charge in [0.15, 0.2) is 0 Å². The molecule has 1 unspecified atom stereocenters. The van der Waals surface area contributed by atoms with Crippen molar-refractivity contribution in [2.75, 3.05) is 24.5 Å². The molecule has 2 aromatic rings. The van der Waals surface area contributed by atoms with E-state index in [0.717, 1.165) is 30.8 Å². The van der Waals surface area contributed by atoms with Crippen LogP contribution in [0.5, 0.6) is 5.75 Å². The van der Waals surface area contributed by atoms with Crippen LogP contribution in [0, 0.1) is 0 Å². The Morgan fingerprint density at radius 1 is 1.10 bits per heavy atom. The maximum atomic E-state index is 12.6. The molecule has 0 saturated heterocycles. The molecule has 0 heterocycles. The van der Waals surface area contributed by atoms with Crippen LogP contribution in [0.4, 0.5) is 11.4 Å². The Bertz CT molecular complexity index is 785. The predicted octanol–water partition coefficient (Wildman–Crippen LogP) is 4.91. The standard InChI is InChI=1S/C24H33N3O2/c1-5-9-17-25-23(6-2)27(21-11-10-12-22(28)18-21)20-15-13-19(14-16-20)24(29)26(7-3)8-4/h5,10-16,18,23,25,28H,1,6-9,17H2,2-4H3. The summed E-state index contributed by atoms with van der Waals surface area (Å²) in [5, 5.41) is 13.6. The first kappa shape index (κ1) is 22.5. The van der Waals surface area contributed by atoms with Crippen molar-refractivity contribution in [2.24, 2.45) is 0 Å². The van der Waals surface area contributed by atoms with Gasteiger partial charge in [0.05, 0.1) is 6.17 Å². The summed E-state index contributed by atoms with van der Waals surface area (Å²) in [6.07, 6.45) is 3.68. The van der Waals surface area contributed by atoms with E-state index in [1.165, 1.54) is 0 Å². The molecule has 1 amide bonds. The lowest BCUT2D eigenvalue weighted by Crippen LogP contribution is -2.43. The lowest BCUT2D eigenvalue weighted by Gasteiger charge is -2.34. The first-order valence-corrected chi connectivity index (χ1v) is 10.4. The zero-order valence-corrected chi connectivity index (χ0v) is 17.8. The average molecular weight is 396 g/mol. The first-order chi connectivity index (χ1) is 14.0. The van der Waals surface area contributed by atoms with Gasteiger partial charge in [-0.25, -0.2) is 0 Å². The van der Waals surface area contributed by atoms with E-state index >= 15 is 0 Å². The minimum Gasteiger partial charge on any atom is -0.508 e. The van der Waals surface area contributed by atoms with Crippen molar-refractivity contribution in [3.63, 3.8) is 0 Å². The van der Waals surface area contributed by atoms with E-state index in [0.29, 0.717) is 18.7 Å². The van der Waals surface area contributed by atoms with Gasteiger partial charge in [0.1, 0.15) is 5.75 Å². The van der Waals surface area contributed by atoms with E-state index in [4.69, 9.17) is 0 Å². The number of benzene rings is 2. The molecular formula is C24H33N3O2. The van der Waals surface area contributed by atoms with Gasteiger partial charge in [-0.15, -0.1) is 6.58 Å². The van der Waals surface area contributed by atoms with Gasteiger partial charge in [0, 0.05) is 42.6 Å². The molecule has 5 nitrogen and oxygen atoms in total. The molecule has 156 valence electrons. The van der Waals surface area contributed by atoms with Crippen molar-refractivity contribution >= 4 is 17.3 Å². The van der Waals surface area contributed by atoms with Crippen LogP contribution < -0.4 is 10.2 Å². The highest BCUT2D eigenvalue weighted by Gasteiger charge is 2.20. The van der Waals surface area contributed by atoms with Gasteiger partial charge < -0.3 is 14.9 Å². The number of carbonyl (C=O) groups excluding carboxylic acids is 1. The lowest BCUT2D eigenvalue weighted by atomic mass is 10.1. The number of phenolic OH excluding ortho intramolecular Hbond substituents is 1. The van der Waals surface area contributed by atoms with Crippen LogP contribution in [0.2, 0.25) is 0 Å². The van der Waals surface area contributed by atoms with Gasteiger partial charge in [0.25, 0.3) is 5.91 Å². The maximum absolute atomic E-state index is 12.6. The molecule has 0 spiro atoms. The van der Waals surface area contributed by atoms with E-state index in [9.17, 15) is 9.90 Å². The van der Waals surface area contributed by atoms with Gasteiger partial charge in [-0.1, -0.05) is 19.1 Å². The van der Waals surface area contributed by atoms with E-state index in [2.05, 4.69) is 23.7 Å². The molecule has 2 N–H and O–H groups in total. The van der Waals surface area contributed by atoms with Gasteiger partial charge in [-0.2, -0.15) is 0 Å². The molecule has 2 rings (SSSR count). The molecular weight excluding hydrogens is 362 g/mol. The fourth-order valence-electron chi connectivity index (χ4n) is 3.38. The summed E-state index contributed by atoms with van der Waals surface area (Å²) >= 11 is 0. The van der Waals surface area contributed by atoms with Crippen LogP contribution in [-0.4, -0.2) is 41.7 Å². The Morgan fingerprint density at radius 3 is 2.34 bits per heavy atom. The second-order valence-electron chi connectivity index (χ2n) is 6.87. The fraction of sp³-hybridized carbons (Fsp3) is 0.375. The molecule has 0 aliphatic rings. The van der Waals surface area contributed by atoms with Crippen LogP contribution in [-0.2, 0) is 0 Å². The number of phenols is 1. The van der Waals surface area contributed by atoms with Crippen molar-refractivity contribution in [1.82, 2.24) is 10.2 Å². The number of rotatable bonds is 11. The zero-order chi connectivity index (χ0) is 21.2. The Kier molecular flexibility index (Phi) is 8.74. The molecule has 1 atom stereocenters. The predicted molar refractivity (Wildman–Crippen MR) is 121 cm³/mol. The summed E-state index contributed by atoms with van der Waals surface area (Å²) in [4.78, 5) is 16.6. The highest BCUT2D eigenvalue weighted by atomic mass is 16.3. The Morgan fingerprint density at radius 2 is 1.79 bits per heavy atom. The van der Waals surface area contributed by atoms with Gasteiger partial charge >= 0.3 is 0 Å². The molecule has 29 heavy (non-hydrogen) atoms. The molecule has 0 saturated carbocycles. The summed E-state index contributed by atoms with van der Waals surface area (Å²) in [6.45, 7) is 12.1. The van der Waals surface area contributed by atoms with Crippen LogP contribution in [0.1, 0.15) is 44.0 Å². The highest BCUT2D eigenvalue weighted by molar-refractivity contribution is 5.94. The summed E-state index contributed by atoms with van der Waals surface area (Å²) in [5.41, 5.74) is 2.54. The maximum Gasteiger partial charge on any atom is 0.253 e. The van der Waals surface area contributed by atoms with E-state index < -0.39 is 0 Å². The number of amides is 1. The van der Waals surface area contributed by atoms with Crippen LogP contribution in [0.3, 0.4) is 0 Å². The molecule has 5 heteroatoms. The van der Waals surface area contributed by atoms with Crippen molar-refractivity contribution in [1.29, 1.82) is 0 Å². The number of anilines is 2. The third kappa shape index (κ3) is 5.84. The molecule has 0 aliphatic heterocycles. The lowest BCUT2D eigenvalue weighted by molar-refractivity contribution is 0.0773. The van der Waals surface area contributed by atoms with Crippen molar-refractivity contribution in [3.05, 3.63) is 66.7 Å². The van der Waals surface area contributed by atoms with Crippen molar-refractivity contribution in [2.45, 2.75) is 39.8 Å². The number of aromatic hydroxyl groups is 1. The molecule has 0 bridgehead atoms. The number of nitrogens with zero attached hydrogens (tertiary/aromatic N) is 2. The summed E-state index contributed by atoms with van der Waals surface area (Å²) in [7, 11) is 0. The first-order valence-electron chi connectivity index (χ1n) is 10.4. The number of carbonyl (C=O) groups is 1. The summed E-state index contributed by atoms with van der Waals surface area (Å²) < 4.78 is 0. The molecule has 0 aromatic heterocycles. The van der Waals surface area contributed by atoms with E-state index in [-0.39, 0.29) is 17.8 Å². The van der Waals surface area contributed by atoms with Crippen LogP contribution in [0.25, 0.3) is 0 Å². The van der Waals surface area contributed by atoms with Crippen molar-refractivity contribution in [3.8, 4) is 5.75 Å². The molecule has 0 radical (unpaired) electrons. The summed E-state index contributed by atoms with van der Waals surface area (Å²) in [5.74, 6) is 0.267. The van der Waals surface area contributed by atoms with Crippen LogP contribution >= 0.6 is 0 Å². The number of nitrogens with one attached hydrogen (secondary N) is 1. The van der Waals surface area contributed by atoms with E-state index in [1.807, 2.05) is 61.2 Å². The second kappa shape index (κ2) is 11.3. The third-order valence-electron chi connectivity index (χ3n) is 4.98. The second-order valence-corrected chi connectivity index (χ2v) is 6.87. The largest absolute Gasteiger partial charge is 0.508 e. The van der Waals surface area contributed by atoms with Crippen molar-refractivity contribution < 1.29 is 9.90 Å². The quantitative estimate of drug-likeness (QED) is 0.322. The molecule has 0 fully saturated rings. The highest BCUT2D eigenvalue weighted by Crippen LogP contribution is 2.31. The average Bonchev–Trinajstić information content (AvgIpc) is 2.74. The SMILES string of the molecule is C=CCCNC(CC)N(c1ccc(C(=O)N(CC)CC)cc1)c1cccc(O)c1. The van der Waals surface area contributed by atoms with Gasteiger partial charge in [0.2, 0.25) is 0 Å². The smallest absolute Gasteiger partial charge is 0.253 e. The molecule has 2 aromatic carbocycles. The number of hydrogen-bond donors (Lipinski definition) is 2. The summed E-state index contributed by atoms with van der Waals surface area (Å²) in [6, 6.07) is 14.9. The Labute approximate surface area is 174 Å². The minimum atomic E-state index is 0.0427. The third-order valence-corrected chi connectivity index (χ3v) is 4.98. The fourth-order valence-corrected chi connectivity index (χ4v) is 3.38.